The summed E-state index contributed by atoms with van der Waals surface area (Å²) in [6.45, 7) is 0. The molecular weight excluding hydrogens is 264 g/mol. The number of hydrogen-bond donors (Lipinski definition) is 1. The van der Waals surface area contributed by atoms with E-state index in [4.69, 9.17) is 4.99 Å². The zero-order chi connectivity index (χ0) is 13.4. The predicted octanol–water partition coefficient (Wildman–Crippen LogP) is 4.67. The number of anilines is 1. The molecule has 2 aliphatic rings. The lowest BCUT2D eigenvalue weighted by Crippen LogP contribution is -2.21. The van der Waals surface area contributed by atoms with Crippen LogP contribution in [0.4, 0.5) is 5.69 Å². The third-order valence-electron chi connectivity index (χ3n) is 4.35. The van der Waals surface area contributed by atoms with Crippen LogP contribution in [0.5, 0.6) is 0 Å². The fourth-order valence-corrected chi connectivity index (χ4v) is 4.43. The summed E-state index contributed by atoms with van der Waals surface area (Å²) in [5.41, 5.74) is 1.40. The van der Waals surface area contributed by atoms with Gasteiger partial charge in [0.05, 0.1) is 5.54 Å². The molecule has 1 saturated carbocycles. The largest absolute Gasteiger partial charge is 0.335 e. The Labute approximate surface area is 123 Å². The van der Waals surface area contributed by atoms with E-state index in [1.165, 1.54) is 36.5 Å². The van der Waals surface area contributed by atoms with Crippen LogP contribution < -0.4 is 5.32 Å². The number of rotatable bonds is 1. The van der Waals surface area contributed by atoms with E-state index in [2.05, 4.69) is 47.8 Å². The first-order valence-electron chi connectivity index (χ1n) is 7.32. The molecule has 0 aromatic heterocycles. The Bertz CT molecular complexity index is 671. The van der Waals surface area contributed by atoms with Crippen LogP contribution in [0.1, 0.15) is 25.7 Å². The number of aliphatic imine (C=N–C) groups is 1. The van der Waals surface area contributed by atoms with E-state index >= 15 is 0 Å². The van der Waals surface area contributed by atoms with Crippen molar-refractivity contribution in [3.05, 3.63) is 42.5 Å². The normalized spacial score (nSPS) is 20.5. The van der Waals surface area contributed by atoms with Gasteiger partial charge in [-0.15, -0.1) is 0 Å². The average molecular weight is 282 g/mol. The fourth-order valence-electron chi connectivity index (χ4n) is 3.23. The molecule has 0 amide bonds. The molecule has 2 aromatic rings. The lowest BCUT2D eigenvalue weighted by atomic mass is 10.0. The summed E-state index contributed by atoms with van der Waals surface area (Å²) in [6, 6.07) is 15.0. The molecule has 1 N–H and O–H groups in total. The predicted molar refractivity (Wildman–Crippen MR) is 88.7 cm³/mol. The maximum absolute atomic E-state index is 4.96. The van der Waals surface area contributed by atoms with Crippen LogP contribution in [0.25, 0.3) is 10.8 Å². The molecule has 20 heavy (non-hydrogen) atoms. The molecule has 0 radical (unpaired) electrons. The second-order valence-electron chi connectivity index (χ2n) is 5.82. The molecule has 0 atom stereocenters. The highest BCUT2D eigenvalue weighted by atomic mass is 32.2. The van der Waals surface area contributed by atoms with E-state index in [0.717, 1.165) is 16.6 Å². The van der Waals surface area contributed by atoms with Gasteiger partial charge in [0.25, 0.3) is 0 Å². The molecule has 4 rings (SSSR count). The first kappa shape index (κ1) is 12.3. The molecule has 1 aliphatic heterocycles. The van der Waals surface area contributed by atoms with Crippen molar-refractivity contribution in [2.75, 3.05) is 11.1 Å². The number of nitrogens with one attached hydrogen (secondary N) is 1. The first-order chi connectivity index (χ1) is 9.83. The minimum atomic E-state index is 0.254. The Morgan fingerprint density at radius 2 is 1.80 bits per heavy atom. The van der Waals surface area contributed by atoms with Crippen molar-refractivity contribution < 1.29 is 0 Å². The average Bonchev–Trinajstić information content (AvgIpc) is 3.09. The van der Waals surface area contributed by atoms with Crippen LogP contribution in [-0.2, 0) is 0 Å². The zero-order valence-electron chi connectivity index (χ0n) is 11.4. The summed E-state index contributed by atoms with van der Waals surface area (Å²) >= 11 is 1.88. The summed E-state index contributed by atoms with van der Waals surface area (Å²) in [5.74, 6) is 1.16. The van der Waals surface area contributed by atoms with Crippen molar-refractivity contribution in [1.82, 2.24) is 0 Å². The number of fused-ring (bicyclic) bond motifs is 1. The van der Waals surface area contributed by atoms with Crippen LogP contribution in [-0.4, -0.2) is 16.5 Å². The Morgan fingerprint density at radius 3 is 2.65 bits per heavy atom. The van der Waals surface area contributed by atoms with Crippen LogP contribution in [0, 0.1) is 0 Å². The Morgan fingerprint density at radius 1 is 1.00 bits per heavy atom. The Balaban J connectivity index is 1.58. The standard InChI is InChI=1S/C17H18N2S/c1-2-6-14-11-15(8-7-13(14)5-1)18-16-19-17(12-20-16)9-3-4-10-17/h1-2,5-8,11H,3-4,9-10,12H2,(H,18,19). The number of thioether (sulfide) groups is 1. The van der Waals surface area contributed by atoms with E-state index in [1.54, 1.807) is 0 Å². The highest BCUT2D eigenvalue weighted by Crippen LogP contribution is 2.41. The van der Waals surface area contributed by atoms with Crippen LogP contribution >= 0.6 is 11.8 Å². The van der Waals surface area contributed by atoms with Gasteiger partial charge >= 0.3 is 0 Å². The molecule has 0 unspecified atom stereocenters. The molecule has 3 heteroatoms. The quantitative estimate of drug-likeness (QED) is 0.822. The second kappa shape index (κ2) is 4.81. The minimum absolute atomic E-state index is 0.254. The first-order valence-corrected chi connectivity index (χ1v) is 8.30. The topological polar surface area (TPSA) is 24.4 Å². The smallest absolute Gasteiger partial charge is 0.161 e. The maximum atomic E-state index is 4.96. The van der Waals surface area contributed by atoms with Gasteiger partial charge in [0.15, 0.2) is 5.17 Å². The number of nitrogens with zero attached hydrogens (tertiary/aromatic N) is 1. The highest BCUT2D eigenvalue weighted by Gasteiger charge is 2.38. The van der Waals surface area contributed by atoms with Crippen molar-refractivity contribution in [1.29, 1.82) is 0 Å². The molecule has 1 aliphatic carbocycles. The van der Waals surface area contributed by atoms with Gasteiger partial charge in [0, 0.05) is 11.4 Å². The van der Waals surface area contributed by atoms with Crippen LogP contribution in [0.2, 0.25) is 0 Å². The lowest BCUT2D eigenvalue weighted by Gasteiger charge is -2.16. The van der Waals surface area contributed by atoms with Crippen LogP contribution in [0.3, 0.4) is 0 Å². The fraction of sp³-hybridized carbons (Fsp3) is 0.353. The van der Waals surface area contributed by atoms with Gasteiger partial charge in [-0.25, -0.2) is 0 Å². The highest BCUT2D eigenvalue weighted by molar-refractivity contribution is 8.14. The molecule has 102 valence electrons. The van der Waals surface area contributed by atoms with Crippen LogP contribution in [0.15, 0.2) is 47.5 Å². The number of hydrogen-bond acceptors (Lipinski definition) is 3. The zero-order valence-corrected chi connectivity index (χ0v) is 12.2. The summed E-state index contributed by atoms with van der Waals surface area (Å²) in [7, 11) is 0. The van der Waals surface area contributed by atoms with Crippen molar-refractivity contribution in [2.45, 2.75) is 31.2 Å². The monoisotopic (exact) mass is 282 g/mol. The van der Waals surface area contributed by atoms with E-state index < -0.39 is 0 Å². The van der Waals surface area contributed by atoms with Gasteiger partial charge in [-0.3, -0.25) is 4.99 Å². The number of amidine groups is 1. The number of benzene rings is 2. The Kier molecular flexibility index (Phi) is 2.95. The summed E-state index contributed by atoms with van der Waals surface area (Å²) < 4.78 is 0. The molecule has 1 fully saturated rings. The van der Waals surface area contributed by atoms with Crippen molar-refractivity contribution >= 4 is 33.4 Å². The molecule has 2 aromatic carbocycles. The van der Waals surface area contributed by atoms with Crippen molar-refractivity contribution in [2.24, 2.45) is 4.99 Å². The molecular formula is C17H18N2S. The summed E-state index contributed by atoms with van der Waals surface area (Å²) in [5, 5.41) is 7.15. The van der Waals surface area contributed by atoms with E-state index in [-0.39, 0.29) is 5.54 Å². The lowest BCUT2D eigenvalue weighted by molar-refractivity contribution is 0.508. The molecule has 0 bridgehead atoms. The third-order valence-corrected chi connectivity index (χ3v) is 5.50. The maximum Gasteiger partial charge on any atom is 0.161 e. The minimum Gasteiger partial charge on any atom is -0.335 e. The van der Waals surface area contributed by atoms with E-state index in [9.17, 15) is 0 Å². The third kappa shape index (κ3) is 2.20. The van der Waals surface area contributed by atoms with E-state index in [1.807, 2.05) is 11.8 Å². The summed E-state index contributed by atoms with van der Waals surface area (Å²) in [6.07, 6.45) is 5.21. The van der Waals surface area contributed by atoms with E-state index in [0.29, 0.717) is 0 Å². The van der Waals surface area contributed by atoms with Gasteiger partial charge in [-0.1, -0.05) is 54.9 Å². The van der Waals surface area contributed by atoms with Gasteiger partial charge in [0.1, 0.15) is 0 Å². The van der Waals surface area contributed by atoms with Gasteiger partial charge in [0.2, 0.25) is 0 Å². The molecule has 1 spiro atoms. The van der Waals surface area contributed by atoms with Gasteiger partial charge < -0.3 is 5.32 Å². The second-order valence-corrected chi connectivity index (χ2v) is 6.79. The summed E-state index contributed by atoms with van der Waals surface area (Å²) in [4.78, 5) is 4.96. The Hall–Kier alpha value is -1.48. The van der Waals surface area contributed by atoms with Crippen molar-refractivity contribution in [3.8, 4) is 0 Å². The van der Waals surface area contributed by atoms with Gasteiger partial charge in [-0.2, -0.15) is 0 Å². The SMILES string of the molecule is c1ccc2cc(NC3=NC4(CCCC4)CS3)ccc2c1. The molecule has 0 saturated heterocycles. The molecule has 2 nitrogen and oxygen atoms in total. The van der Waals surface area contributed by atoms with Crippen molar-refractivity contribution in [3.63, 3.8) is 0 Å². The van der Waals surface area contributed by atoms with Gasteiger partial charge in [-0.05, 0) is 35.7 Å². The molecule has 1 heterocycles.